The number of aliphatic hydroxyl groups is 1. The van der Waals surface area contributed by atoms with E-state index in [1.165, 1.54) is 5.01 Å². The van der Waals surface area contributed by atoms with Gasteiger partial charge in [-0.05, 0) is 36.1 Å². The quantitative estimate of drug-likeness (QED) is 0.463. The molecule has 1 aromatic rings. The third kappa shape index (κ3) is 6.51. The highest BCUT2D eigenvalue weighted by Crippen LogP contribution is 2.30. The summed E-state index contributed by atoms with van der Waals surface area (Å²) in [4.78, 5) is 13.3. The van der Waals surface area contributed by atoms with E-state index in [2.05, 4.69) is 37.6 Å². The molecule has 0 aromatic heterocycles. The first-order chi connectivity index (χ1) is 17.1. The van der Waals surface area contributed by atoms with Gasteiger partial charge in [-0.3, -0.25) is 4.79 Å². The van der Waals surface area contributed by atoms with Crippen LogP contribution >= 0.6 is 0 Å². The van der Waals surface area contributed by atoms with Crippen molar-refractivity contribution in [3.05, 3.63) is 53.4 Å². The van der Waals surface area contributed by atoms with Gasteiger partial charge < -0.3 is 24.1 Å². The molecule has 0 saturated heterocycles. The fraction of sp³-hybridized carbons (Fsp3) is 0.500. The highest BCUT2D eigenvalue weighted by Gasteiger charge is 2.33. The van der Waals surface area contributed by atoms with Gasteiger partial charge in [-0.25, -0.2) is 5.01 Å². The number of ether oxygens (including phenoxy) is 4. The van der Waals surface area contributed by atoms with Gasteiger partial charge in [0, 0.05) is 31.4 Å². The van der Waals surface area contributed by atoms with E-state index >= 15 is 0 Å². The Bertz CT molecular complexity index is 1070. The van der Waals surface area contributed by atoms with Gasteiger partial charge in [-0.2, -0.15) is 10.1 Å². The lowest BCUT2D eigenvalue weighted by atomic mass is 9.85. The standard InChI is InChI=1S/C26H36N4O6/c1-17-10-24(36-22(15-33-6)16-34-7)27-30-18(2)29(28-25(17)30)14-23(32)19-11-20(26(3,4)5)13-21(12-19)35-9-8-31/h10-13,22,31H,2,8-9,14-16H2,1,3-7H3. The number of hydrazone groups is 2. The molecule has 2 aliphatic rings. The third-order valence-corrected chi connectivity index (χ3v) is 5.59. The summed E-state index contributed by atoms with van der Waals surface area (Å²) in [6, 6.07) is 5.45. The largest absolute Gasteiger partial charge is 0.491 e. The zero-order chi connectivity index (χ0) is 26.5. The summed E-state index contributed by atoms with van der Waals surface area (Å²) in [7, 11) is 3.19. The maximum atomic E-state index is 13.3. The summed E-state index contributed by atoms with van der Waals surface area (Å²) in [6.07, 6.45) is 1.45. The minimum Gasteiger partial charge on any atom is -0.491 e. The van der Waals surface area contributed by atoms with Gasteiger partial charge in [0.1, 0.15) is 30.8 Å². The number of carbonyl (C=O) groups is 1. The predicted molar refractivity (Wildman–Crippen MR) is 137 cm³/mol. The van der Waals surface area contributed by atoms with Crippen LogP contribution < -0.4 is 4.74 Å². The number of hydrogen-bond donors (Lipinski definition) is 1. The number of fused-ring (bicyclic) bond motifs is 1. The fourth-order valence-corrected chi connectivity index (χ4v) is 3.68. The average molecular weight is 501 g/mol. The van der Waals surface area contributed by atoms with Crippen molar-refractivity contribution in [2.45, 2.75) is 39.2 Å². The lowest BCUT2D eigenvalue weighted by Gasteiger charge is -2.24. The van der Waals surface area contributed by atoms with Crippen molar-refractivity contribution in [1.82, 2.24) is 10.0 Å². The molecule has 0 radical (unpaired) electrons. The van der Waals surface area contributed by atoms with Gasteiger partial charge in [0.25, 0.3) is 0 Å². The number of nitrogens with zero attached hydrogens (tertiary/aromatic N) is 4. The molecular formula is C26H36N4O6. The molecule has 2 aliphatic heterocycles. The van der Waals surface area contributed by atoms with Crippen LogP contribution in [-0.2, 0) is 19.6 Å². The van der Waals surface area contributed by atoms with Gasteiger partial charge >= 0.3 is 0 Å². The third-order valence-electron chi connectivity index (χ3n) is 5.59. The number of ketones is 1. The Morgan fingerprint density at radius 3 is 2.44 bits per heavy atom. The SMILES string of the molecule is C=C1N(CC(=O)c2cc(OCCO)cc(C(C)(C)C)c2)N=C2C(C)=CC(OC(COC)COC)=NN12. The van der Waals surface area contributed by atoms with Crippen molar-refractivity contribution in [2.24, 2.45) is 10.2 Å². The van der Waals surface area contributed by atoms with E-state index in [1.807, 2.05) is 19.1 Å². The van der Waals surface area contributed by atoms with Crippen LogP contribution in [0.25, 0.3) is 0 Å². The Kier molecular flexibility index (Phi) is 8.89. The molecule has 0 saturated carbocycles. The van der Waals surface area contributed by atoms with Crippen molar-refractivity contribution in [3.63, 3.8) is 0 Å². The van der Waals surface area contributed by atoms with Crippen LogP contribution in [-0.4, -0.2) is 85.9 Å². The van der Waals surface area contributed by atoms with Gasteiger partial charge in [0.05, 0.1) is 19.8 Å². The first-order valence-corrected chi connectivity index (χ1v) is 11.8. The number of Topliss-reactive ketones (excluding diaryl/α,β-unsaturated/α-hetero) is 1. The van der Waals surface area contributed by atoms with Crippen molar-refractivity contribution in [2.75, 3.05) is 47.2 Å². The van der Waals surface area contributed by atoms with Crippen LogP contribution in [0.4, 0.5) is 0 Å². The van der Waals surface area contributed by atoms with E-state index in [4.69, 9.17) is 24.1 Å². The van der Waals surface area contributed by atoms with Gasteiger partial charge in [-0.1, -0.05) is 27.4 Å². The Balaban J connectivity index is 1.79. The van der Waals surface area contributed by atoms with Crippen molar-refractivity contribution in [1.29, 1.82) is 0 Å². The summed E-state index contributed by atoms with van der Waals surface area (Å²) in [6.45, 7) is 12.9. The van der Waals surface area contributed by atoms with Gasteiger partial charge in [0.15, 0.2) is 11.6 Å². The molecule has 1 aromatic carbocycles. The van der Waals surface area contributed by atoms with E-state index in [-0.39, 0.29) is 37.1 Å². The molecule has 196 valence electrons. The van der Waals surface area contributed by atoms with E-state index < -0.39 is 0 Å². The zero-order valence-electron chi connectivity index (χ0n) is 21.9. The summed E-state index contributed by atoms with van der Waals surface area (Å²) in [5, 5.41) is 21.3. The molecule has 2 heterocycles. The monoisotopic (exact) mass is 500 g/mol. The summed E-state index contributed by atoms with van der Waals surface area (Å²) in [5.41, 5.74) is 2.08. The minimum atomic E-state index is -0.327. The lowest BCUT2D eigenvalue weighted by molar-refractivity contribution is 0.0175. The normalized spacial score (nSPS) is 15.6. The summed E-state index contributed by atoms with van der Waals surface area (Å²) in [5.74, 6) is 1.78. The Hall–Kier alpha value is -3.21. The van der Waals surface area contributed by atoms with Gasteiger partial charge in [0.2, 0.25) is 5.90 Å². The second-order valence-corrected chi connectivity index (χ2v) is 9.62. The average Bonchev–Trinajstić information content (AvgIpc) is 3.13. The highest BCUT2D eigenvalue weighted by molar-refractivity contribution is 6.08. The van der Waals surface area contributed by atoms with Crippen molar-refractivity contribution in [3.8, 4) is 5.75 Å². The number of hydrogen-bond acceptors (Lipinski definition) is 10. The Morgan fingerprint density at radius 2 is 1.83 bits per heavy atom. The zero-order valence-corrected chi connectivity index (χ0v) is 21.9. The van der Waals surface area contributed by atoms with E-state index in [0.717, 1.165) is 11.1 Å². The number of aliphatic hydroxyl groups excluding tert-OH is 1. The molecule has 0 spiro atoms. The van der Waals surface area contributed by atoms with E-state index in [1.54, 1.807) is 31.4 Å². The molecule has 0 atom stereocenters. The second-order valence-electron chi connectivity index (χ2n) is 9.62. The number of methoxy groups -OCH3 is 2. The molecule has 0 bridgehead atoms. The van der Waals surface area contributed by atoms with Crippen LogP contribution in [0.15, 0.2) is 52.5 Å². The smallest absolute Gasteiger partial charge is 0.232 e. The summed E-state index contributed by atoms with van der Waals surface area (Å²) >= 11 is 0. The molecule has 10 heteroatoms. The van der Waals surface area contributed by atoms with Crippen LogP contribution in [0.1, 0.15) is 43.6 Å². The van der Waals surface area contributed by atoms with Gasteiger partial charge in [-0.15, -0.1) is 5.10 Å². The summed E-state index contributed by atoms with van der Waals surface area (Å²) < 4.78 is 21.9. The number of carbonyl (C=O) groups excluding carboxylic acids is 1. The highest BCUT2D eigenvalue weighted by atomic mass is 16.6. The molecule has 0 aliphatic carbocycles. The van der Waals surface area contributed by atoms with E-state index in [0.29, 0.717) is 42.1 Å². The lowest BCUT2D eigenvalue weighted by Crippen LogP contribution is -2.33. The minimum absolute atomic E-state index is 0.0269. The molecule has 10 nitrogen and oxygen atoms in total. The van der Waals surface area contributed by atoms with Crippen LogP contribution in [0.3, 0.4) is 0 Å². The second kappa shape index (κ2) is 11.7. The van der Waals surface area contributed by atoms with Crippen LogP contribution in [0.5, 0.6) is 5.75 Å². The maximum absolute atomic E-state index is 13.3. The molecule has 0 unspecified atom stereocenters. The van der Waals surface area contributed by atoms with Crippen LogP contribution in [0.2, 0.25) is 0 Å². The Labute approximate surface area is 212 Å². The van der Waals surface area contributed by atoms with E-state index in [9.17, 15) is 4.79 Å². The topological polar surface area (TPSA) is 105 Å². The number of benzene rings is 1. The first-order valence-electron chi connectivity index (χ1n) is 11.8. The maximum Gasteiger partial charge on any atom is 0.232 e. The molecule has 3 rings (SSSR count). The molecule has 36 heavy (non-hydrogen) atoms. The fourth-order valence-electron chi connectivity index (χ4n) is 3.68. The van der Waals surface area contributed by atoms with Crippen molar-refractivity contribution < 1.29 is 28.8 Å². The van der Waals surface area contributed by atoms with Crippen LogP contribution in [0, 0.1) is 0 Å². The number of amidine groups is 1. The first kappa shape index (κ1) is 27.4. The predicted octanol–water partition coefficient (Wildman–Crippen LogP) is 2.89. The molecule has 0 fully saturated rings. The number of rotatable bonds is 11. The molecule has 1 N–H and O–H groups in total. The molecular weight excluding hydrogens is 464 g/mol. The molecule has 0 amide bonds. The van der Waals surface area contributed by atoms with Crippen molar-refractivity contribution >= 4 is 17.5 Å². The Morgan fingerprint density at radius 1 is 1.14 bits per heavy atom.